The van der Waals surface area contributed by atoms with Crippen molar-refractivity contribution in [1.82, 2.24) is 0 Å². The number of nitrogens with zero attached hydrogens (tertiary/aromatic N) is 4. The van der Waals surface area contributed by atoms with Crippen molar-refractivity contribution in [3.8, 4) is 16.9 Å². The predicted molar refractivity (Wildman–Crippen MR) is 150 cm³/mol. The molecule has 190 valence electrons. The number of anilines is 1. The quantitative estimate of drug-likeness (QED) is 0.165. The van der Waals surface area contributed by atoms with Gasteiger partial charge in [0.15, 0.2) is 5.78 Å². The maximum absolute atomic E-state index is 13.1. The average Bonchev–Trinajstić information content (AvgIpc) is 3.24. The lowest BCUT2D eigenvalue weighted by atomic mass is 10.0. The van der Waals surface area contributed by atoms with E-state index in [0.29, 0.717) is 33.8 Å². The van der Waals surface area contributed by atoms with Crippen molar-refractivity contribution < 1.29 is 14.7 Å². The first-order chi connectivity index (χ1) is 19.1. The molecule has 8 heteroatoms. The first kappa shape index (κ1) is 24.1. The van der Waals surface area contributed by atoms with Crippen LogP contribution in [0.5, 0.6) is 5.75 Å². The molecule has 1 aliphatic rings. The third kappa shape index (κ3) is 4.65. The second kappa shape index (κ2) is 10.3. The van der Waals surface area contributed by atoms with Gasteiger partial charge in [-0.2, -0.15) is 15.3 Å². The molecular weight excluding hydrogens is 490 g/mol. The molecule has 0 amide bonds. The van der Waals surface area contributed by atoms with Gasteiger partial charge in [-0.3, -0.25) is 15.1 Å². The minimum absolute atomic E-state index is 0.0189. The second-order valence-corrected chi connectivity index (χ2v) is 9.00. The summed E-state index contributed by atoms with van der Waals surface area (Å²) in [4.78, 5) is 18.8. The molecule has 1 aliphatic carbocycles. The number of carbonyl (C=O) groups excluding carboxylic acids is 1. The standard InChI is InChI=1S/C31H23N5O3/c1-32-33-22-11-13-25-26-14-12-23(17-28(26)31(38)27(25)16-22)34-35-29-24-10-6-5-7-19(24)15-20(30(29)37)18-39-36-21-8-3-2-4-9-21/h2-17,36-37H,18H2,1H3. The molecule has 0 heterocycles. The van der Waals surface area contributed by atoms with Crippen LogP contribution in [0.4, 0.5) is 22.7 Å². The summed E-state index contributed by atoms with van der Waals surface area (Å²) in [7, 11) is 1.59. The summed E-state index contributed by atoms with van der Waals surface area (Å²) < 4.78 is 0. The van der Waals surface area contributed by atoms with Gasteiger partial charge in [0.25, 0.3) is 0 Å². The zero-order valence-corrected chi connectivity index (χ0v) is 21.0. The monoisotopic (exact) mass is 513 g/mol. The number of hydrogen-bond donors (Lipinski definition) is 2. The van der Waals surface area contributed by atoms with Crippen molar-refractivity contribution in [2.24, 2.45) is 20.5 Å². The number of nitrogens with one attached hydrogen (secondary N) is 1. The van der Waals surface area contributed by atoms with Crippen molar-refractivity contribution in [2.75, 3.05) is 12.5 Å². The molecule has 0 fully saturated rings. The van der Waals surface area contributed by atoms with E-state index in [9.17, 15) is 9.90 Å². The lowest BCUT2D eigenvalue weighted by molar-refractivity contribution is 0.104. The minimum Gasteiger partial charge on any atom is -0.505 e. The van der Waals surface area contributed by atoms with Crippen LogP contribution in [0.1, 0.15) is 21.5 Å². The van der Waals surface area contributed by atoms with Crippen molar-refractivity contribution in [3.63, 3.8) is 0 Å². The molecule has 0 aromatic heterocycles. The van der Waals surface area contributed by atoms with E-state index in [2.05, 4.69) is 25.9 Å². The Kier molecular flexibility index (Phi) is 6.36. The normalized spacial score (nSPS) is 12.4. The molecular formula is C31H23N5O3. The fourth-order valence-corrected chi connectivity index (χ4v) is 4.69. The van der Waals surface area contributed by atoms with Crippen LogP contribution < -0.4 is 5.48 Å². The highest BCUT2D eigenvalue weighted by Gasteiger charge is 2.27. The van der Waals surface area contributed by atoms with Crippen LogP contribution >= 0.6 is 0 Å². The Hall–Kier alpha value is -5.21. The number of carbonyl (C=O) groups is 1. The number of azo groups is 2. The number of rotatable bonds is 7. The third-order valence-electron chi connectivity index (χ3n) is 6.53. The Balaban J connectivity index is 1.30. The van der Waals surface area contributed by atoms with Crippen LogP contribution in [0.25, 0.3) is 21.9 Å². The number of fused-ring (bicyclic) bond motifs is 4. The highest BCUT2D eigenvalue weighted by molar-refractivity contribution is 6.22. The Bertz CT molecular complexity index is 1780. The largest absolute Gasteiger partial charge is 0.505 e. The third-order valence-corrected chi connectivity index (χ3v) is 6.53. The molecule has 2 N–H and O–H groups in total. The van der Waals surface area contributed by atoms with Crippen molar-refractivity contribution in [3.05, 3.63) is 114 Å². The summed E-state index contributed by atoms with van der Waals surface area (Å²) in [6.07, 6.45) is 0. The van der Waals surface area contributed by atoms with Crippen LogP contribution in [0.15, 0.2) is 118 Å². The summed E-state index contributed by atoms with van der Waals surface area (Å²) in [6.45, 7) is 0.110. The lowest BCUT2D eigenvalue weighted by Crippen LogP contribution is -2.01. The number of aromatic hydroxyl groups is 1. The van der Waals surface area contributed by atoms with Gasteiger partial charge in [-0.1, -0.05) is 54.6 Å². The Morgan fingerprint density at radius 1 is 0.744 bits per heavy atom. The summed E-state index contributed by atoms with van der Waals surface area (Å²) >= 11 is 0. The smallest absolute Gasteiger partial charge is 0.194 e. The fraction of sp³-hybridized carbons (Fsp3) is 0.0645. The highest BCUT2D eigenvalue weighted by Crippen LogP contribution is 2.42. The van der Waals surface area contributed by atoms with E-state index in [0.717, 1.165) is 27.6 Å². The summed E-state index contributed by atoms with van der Waals surface area (Å²) in [5.74, 6) is -0.113. The molecule has 8 nitrogen and oxygen atoms in total. The first-order valence-corrected chi connectivity index (χ1v) is 12.3. The van der Waals surface area contributed by atoms with Gasteiger partial charge in [0, 0.05) is 29.1 Å². The number of para-hydroxylation sites is 1. The number of benzene rings is 5. The molecule has 0 bridgehead atoms. The minimum atomic E-state index is -0.0939. The van der Waals surface area contributed by atoms with Crippen molar-refractivity contribution in [2.45, 2.75) is 6.61 Å². The van der Waals surface area contributed by atoms with E-state index in [1.807, 2.05) is 78.9 Å². The Morgan fingerprint density at radius 3 is 2.13 bits per heavy atom. The molecule has 6 rings (SSSR count). The zero-order valence-electron chi connectivity index (χ0n) is 21.0. The van der Waals surface area contributed by atoms with E-state index in [1.165, 1.54) is 0 Å². The van der Waals surface area contributed by atoms with Crippen LogP contribution in [0, 0.1) is 0 Å². The molecule has 0 saturated carbocycles. The second-order valence-electron chi connectivity index (χ2n) is 9.00. The Morgan fingerprint density at radius 2 is 1.41 bits per heavy atom. The number of ketones is 1. The van der Waals surface area contributed by atoms with Gasteiger partial charge in [-0.05, 0) is 59.0 Å². The zero-order chi connectivity index (χ0) is 26.8. The van der Waals surface area contributed by atoms with Gasteiger partial charge in [-0.15, -0.1) is 5.11 Å². The average molecular weight is 514 g/mol. The van der Waals surface area contributed by atoms with Gasteiger partial charge in [0.2, 0.25) is 0 Å². The lowest BCUT2D eigenvalue weighted by Gasteiger charge is -2.12. The topological polar surface area (TPSA) is 108 Å². The number of phenols is 1. The Labute approximate surface area is 224 Å². The molecule has 5 aromatic carbocycles. The molecule has 0 aliphatic heterocycles. The van der Waals surface area contributed by atoms with Gasteiger partial charge in [0.05, 0.1) is 17.1 Å². The molecule has 39 heavy (non-hydrogen) atoms. The van der Waals surface area contributed by atoms with Crippen LogP contribution in [0.2, 0.25) is 0 Å². The molecule has 0 atom stereocenters. The van der Waals surface area contributed by atoms with E-state index in [4.69, 9.17) is 4.84 Å². The summed E-state index contributed by atoms with van der Waals surface area (Å²) in [6, 6.07) is 29.8. The van der Waals surface area contributed by atoms with Gasteiger partial charge in [-0.25, -0.2) is 0 Å². The molecule has 5 aromatic rings. The van der Waals surface area contributed by atoms with Crippen molar-refractivity contribution >= 4 is 39.3 Å². The maximum atomic E-state index is 13.1. The van der Waals surface area contributed by atoms with Crippen LogP contribution in [-0.4, -0.2) is 17.9 Å². The van der Waals surface area contributed by atoms with Crippen molar-refractivity contribution in [1.29, 1.82) is 0 Å². The SMILES string of the molecule is CN=Nc1ccc2c(c1)C(=O)c1cc(N=Nc3c(O)c(CONc4ccccc4)cc4ccccc34)ccc1-2. The number of hydrogen-bond acceptors (Lipinski definition) is 8. The van der Waals surface area contributed by atoms with Gasteiger partial charge in [0.1, 0.15) is 18.0 Å². The van der Waals surface area contributed by atoms with Gasteiger partial charge >= 0.3 is 0 Å². The highest BCUT2D eigenvalue weighted by atomic mass is 16.6. The van der Waals surface area contributed by atoms with Crippen LogP contribution in [0.3, 0.4) is 0 Å². The van der Waals surface area contributed by atoms with E-state index >= 15 is 0 Å². The van der Waals surface area contributed by atoms with Crippen LogP contribution in [-0.2, 0) is 11.4 Å². The molecule has 0 saturated heterocycles. The molecule has 0 radical (unpaired) electrons. The number of phenolic OH excluding ortho intramolecular Hbond substituents is 1. The van der Waals surface area contributed by atoms with E-state index in [-0.39, 0.29) is 18.1 Å². The van der Waals surface area contributed by atoms with E-state index < -0.39 is 0 Å². The maximum Gasteiger partial charge on any atom is 0.194 e. The summed E-state index contributed by atoms with van der Waals surface area (Å²) in [5, 5.41) is 29.4. The summed E-state index contributed by atoms with van der Waals surface area (Å²) in [5.41, 5.74) is 8.54. The molecule has 0 spiro atoms. The van der Waals surface area contributed by atoms with Gasteiger partial charge < -0.3 is 5.11 Å². The first-order valence-electron chi connectivity index (χ1n) is 12.3. The van der Waals surface area contributed by atoms with E-state index in [1.54, 1.807) is 25.2 Å². The molecule has 0 unspecified atom stereocenters. The predicted octanol–water partition coefficient (Wildman–Crippen LogP) is 8.43. The fourth-order valence-electron chi connectivity index (χ4n) is 4.69.